The van der Waals surface area contributed by atoms with Gasteiger partial charge in [0.25, 0.3) is 5.56 Å². The average molecular weight is 432 g/mol. The Balaban J connectivity index is 1.87. The van der Waals surface area contributed by atoms with Crippen molar-refractivity contribution in [1.82, 2.24) is 23.6 Å². The van der Waals surface area contributed by atoms with Crippen LogP contribution in [-0.4, -0.2) is 48.9 Å². The van der Waals surface area contributed by atoms with Crippen LogP contribution in [0.1, 0.15) is 25.2 Å². The van der Waals surface area contributed by atoms with Gasteiger partial charge in [-0.3, -0.25) is 18.8 Å². The van der Waals surface area contributed by atoms with Gasteiger partial charge in [0.1, 0.15) is 5.82 Å². The molecule has 3 aromatic rings. The quantitative estimate of drug-likeness (QED) is 0.629. The first-order valence-electron chi connectivity index (χ1n) is 10.0. The number of ether oxygens (including phenoxy) is 1. The minimum atomic E-state index is -0.393. The molecule has 9 heteroatoms. The summed E-state index contributed by atoms with van der Waals surface area (Å²) in [6.45, 7) is 6.60. The third kappa shape index (κ3) is 3.71. The highest BCUT2D eigenvalue weighted by Gasteiger charge is 2.26. The van der Waals surface area contributed by atoms with E-state index in [1.165, 1.54) is 11.6 Å². The van der Waals surface area contributed by atoms with Crippen LogP contribution < -0.4 is 11.2 Å². The molecule has 0 spiro atoms. The molecule has 1 aliphatic rings. The molecule has 1 aliphatic heterocycles. The van der Waals surface area contributed by atoms with Gasteiger partial charge < -0.3 is 9.30 Å². The Labute approximate surface area is 179 Å². The standard InChI is InChI=1S/C21H26ClN5O3/c1-13-9-26(10-14(2)30-13)12-17-23-19-18(20(28)25(4)21(29)24(19)3)27(17)11-15-7-5-6-8-16(15)22/h5-8,13-14H,9-12H2,1-4H3/t13-,14-/m1/s1. The van der Waals surface area contributed by atoms with E-state index in [2.05, 4.69) is 18.7 Å². The van der Waals surface area contributed by atoms with E-state index < -0.39 is 5.69 Å². The Morgan fingerprint density at radius 1 is 1.07 bits per heavy atom. The molecule has 0 unspecified atom stereocenters. The van der Waals surface area contributed by atoms with Gasteiger partial charge in [0, 0.05) is 32.2 Å². The minimum absolute atomic E-state index is 0.118. The molecule has 160 valence electrons. The molecule has 0 amide bonds. The molecule has 0 radical (unpaired) electrons. The monoisotopic (exact) mass is 431 g/mol. The lowest BCUT2D eigenvalue weighted by molar-refractivity contribution is -0.0712. The molecule has 1 aromatic carbocycles. The highest BCUT2D eigenvalue weighted by molar-refractivity contribution is 6.31. The maximum absolute atomic E-state index is 13.0. The van der Waals surface area contributed by atoms with E-state index in [1.54, 1.807) is 7.05 Å². The van der Waals surface area contributed by atoms with Crippen LogP contribution in [0.5, 0.6) is 0 Å². The molecule has 2 atom stereocenters. The van der Waals surface area contributed by atoms with Crippen LogP contribution in [-0.2, 0) is 31.9 Å². The van der Waals surface area contributed by atoms with Crippen LogP contribution in [0.4, 0.5) is 0 Å². The highest BCUT2D eigenvalue weighted by atomic mass is 35.5. The van der Waals surface area contributed by atoms with Crippen LogP contribution >= 0.6 is 11.6 Å². The van der Waals surface area contributed by atoms with Crippen LogP contribution in [0, 0.1) is 0 Å². The third-order valence-corrected chi connectivity index (χ3v) is 5.94. The largest absolute Gasteiger partial charge is 0.373 e. The van der Waals surface area contributed by atoms with E-state index in [0.717, 1.165) is 29.0 Å². The van der Waals surface area contributed by atoms with Gasteiger partial charge in [0.2, 0.25) is 0 Å². The number of aromatic nitrogens is 4. The second kappa shape index (κ2) is 8.02. The Morgan fingerprint density at radius 3 is 2.40 bits per heavy atom. The topological polar surface area (TPSA) is 74.3 Å². The van der Waals surface area contributed by atoms with Gasteiger partial charge >= 0.3 is 5.69 Å². The van der Waals surface area contributed by atoms with Gasteiger partial charge in [-0.25, -0.2) is 9.78 Å². The van der Waals surface area contributed by atoms with Crippen molar-refractivity contribution in [2.24, 2.45) is 14.1 Å². The van der Waals surface area contributed by atoms with E-state index in [1.807, 2.05) is 28.8 Å². The predicted molar refractivity (Wildman–Crippen MR) is 116 cm³/mol. The normalized spacial score (nSPS) is 20.2. The summed E-state index contributed by atoms with van der Waals surface area (Å²) in [6.07, 6.45) is 0.236. The van der Waals surface area contributed by atoms with Crippen molar-refractivity contribution >= 4 is 22.8 Å². The molecular weight excluding hydrogens is 406 g/mol. The van der Waals surface area contributed by atoms with Crippen molar-refractivity contribution in [2.45, 2.75) is 39.1 Å². The fourth-order valence-corrected chi connectivity index (χ4v) is 4.39. The molecule has 0 saturated carbocycles. The van der Waals surface area contributed by atoms with E-state index in [-0.39, 0.29) is 17.8 Å². The summed E-state index contributed by atoms with van der Waals surface area (Å²) in [4.78, 5) is 32.5. The number of nitrogens with zero attached hydrogens (tertiary/aromatic N) is 5. The summed E-state index contributed by atoms with van der Waals surface area (Å²) < 4.78 is 10.3. The maximum Gasteiger partial charge on any atom is 0.332 e. The first-order chi connectivity index (χ1) is 14.3. The van der Waals surface area contributed by atoms with Crippen molar-refractivity contribution in [3.05, 3.63) is 61.5 Å². The number of hydrogen-bond acceptors (Lipinski definition) is 5. The van der Waals surface area contributed by atoms with Crippen molar-refractivity contribution in [3.63, 3.8) is 0 Å². The molecule has 0 aliphatic carbocycles. The summed E-state index contributed by atoms with van der Waals surface area (Å²) in [7, 11) is 3.13. The predicted octanol–water partition coefficient (Wildman–Crippen LogP) is 1.74. The van der Waals surface area contributed by atoms with Gasteiger partial charge in [0.05, 0.1) is 25.3 Å². The lowest BCUT2D eigenvalue weighted by Crippen LogP contribution is -2.45. The fourth-order valence-electron chi connectivity index (χ4n) is 4.19. The summed E-state index contributed by atoms with van der Waals surface area (Å²) in [5, 5.41) is 0.626. The van der Waals surface area contributed by atoms with E-state index in [4.69, 9.17) is 21.3 Å². The second-order valence-corrected chi connectivity index (χ2v) is 8.44. The zero-order chi connectivity index (χ0) is 21.6. The molecule has 0 N–H and O–H groups in total. The molecule has 3 heterocycles. The van der Waals surface area contributed by atoms with E-state index in [0.29, 0.717) is 29.3 Å². The third-order valence-electron chi connectivity index (χ3n) is 5.57. The van der Waals surface area contributed by atoms with E-state index in [9.17, 15) is 9.59 Å². The van der Waals surface area contributed by atoms with Crippen molar-refractivity contribution in [1.29, 1.82) is 0 Å². The lowest BCUT2D eigenvalue weighted by Gasteiger charge is -2.35. The van der Waals surface area contributed by atoms with Crippen LogP contribution in [0.15, 0.2) is 33.9 Å². The minimum Gasteiger partial charge on any atom is -0.373 e. The zero-order valence-corrected chi connectivity index (χ0v) is 18.4. The molecule has 8 nitrogen and oxygen atoms in total. The number of rotatable bonds is 4. The van der Waals surface area contributed by atoms with Gasteiger partial charge in [-0.15, -0.1) is 0 Å². The van der Waals surface area contributed by atoms with Gasteiger partial charge in [0.15, 0.2) is 11.2 Å². The SMILES string of the molecule is C[C@@H]1CN(Cc2nc3c(c(=O)n(C)c(=O)n3C)n2Cc2ccccc2Cl)C[C@@H](C)O1. The zero-order valence-electron chi connectivity index (χ0n) is 17.6. The lowest BCUT2D eigenvalue weighted by atomic mass is 10.2. The first kappa shape index (κ1) is 20.8. The Bertz CT molecular complexity index is 1200. The van der Waals surface area contributed by atoms with Crippen molar-refractivity contribution in [3.8, 4) is 0 Å². The second-order valence-electron chi connectivity index (χ2n) is 8.03. The van der Waals surface area contributed by atoms with Crippen LogP contribution in [0.3, 0.4) is 0 Å². The number of fused-ring (bicyclic) bond motifs is 1. The number of morpholine rings is 1. The molecule has 1 fully saturated rings. The summed E-state index contributed by atoms with van der Waals surface area (Å²) in [6, 6.07) is 7.55. The number of aryl methyl sites for hydroxylation is 1. The summed E-state index contributed by atoms with van der Waals surface area (Å²) >= 11 is 6.40. The van der Waals surface area contributed by atoms with Gasteiger partial charge in [-0.1, -0.05) is 29.8 Å². The van der Waals surface area contributed by atoms with Crippen molar-refractivity contribution in [2.75, 3.05) is 13.1 Å². The summed E-state index contributed by atoms with van der Waals surface area (Å²) in [5.74, 6) is 0.726. The Morgan fingerprint density at radius 2 is 1.73 bits per heavy atom. The first-order valence-corrected chi connectivity index (χ1v) is 10.4. The van der Waals surface area contributed by atoms with Crippen LogP contribution in [0.25, 0.3) is 11.2 Å². The smallest absolute Gasteiger partial charge is 0.332 e. The molecule has 1 saturated heterocycles. The Hall–Kier alpha value is -2.42. The molecule has 0 bridgehead atoms. The maximum atomic E-state index is 13.0. The molecule has 4 rings (SSSR count). The highest BCUT2D eigenvalue weighted by Crippen LogP contribution is 2.21. The van der Waals surface area contributed by atoms with E-state index >= 15 is 0 Å². The summed E-state index contributed by atoms with van der Waals surface area (Å²) in [5.41, 5.74) is 0.931. The molecule has 30 heavy (non-hydrogen) atoms. The Kier molecular flexibility index (Phi) is 5.57. The van der Waals surface area contributed by atoms with Gasteiger partial charge in [-0.2, -0.15) is 0 Å². The molecule has 2 aromatic heterocycles. The van der Waals surface area contributed by atoms with Gasteiger partial charge in [-0.05, 0) is 25.5 Å². The van der Waals surface area contributed by atoms with Crippen molar-refractivity contribution < 1.29 is 4.74 Å². The van der Waals surface area contributed by atoms with Crippen LogP contribution in [0.2, 0.25) is 5.02 Å². The number of benzene rings is 1. The number of imidazole rings is 1. The number of hydrogen-bond donors (Lipinski definition) is 0. The molecular formula is C21H26ClN5O3. The number of halogens is 1. The fraction of sp³-hybridized carbons (Fsp3) is 0.476. The average Bonchev–Trinajstić information content (AvgIpc) is 3.04.